The van der Waals surface area contributed by atoms with E-state index in [2.05, 4.69) is 18.8 Å². The summed E-state index contributed by atoms with van der Waals surface area (Å²) in [5.74, 6) is 1.64. The molecule has 0 aromatic heterocycles. The monoisotopic (exact) mass is 233 g/mol. The molecule has 92 valence electrons. The molecule has 0 N–H and O–H groups in total. The fourth-order valence-corrected chi connectivity index (χ4v) is 1.44. The number of rotatable bonds is 6. The third kappa shape index (κ3) is 4.83. The van der Waals surface area contributed by atoms with Gasteiger partial charge in [0.1, 0.15) is 5.75 Å². The standard InChI is InChI=1S/C14H19NO2/c1-11(2)9-17-14-6-4-13(5-7-14)12(3)8-15-10-16/h4-7,11-12H,8-9H2,1-3H3. The molecule has 0 spiro atoms. The first-order valence-corrected chi connectivity index (χ1v) is 5.90. The summed E-state index contributed by atoms with van der Waals surface area (Å²) < 4.78 is 5.60. The molecule has 0 heterocycles. The Balaban J connectivity index is 2.57. The smallest absolute Gasteiger partial charge is 0.234 e. The molecule has 0 aliphatic carbocycles. The Morgan fingerprint density at radius 1 is 1.24 bits per heavy atom. The fraction of sp³-hybridized carbons (Fsp3) is 0.500. The van der Waals surface area contributed by atoms with Crippen LogP contribution < -0.4 is 4.74 Å². The van der Waals surface area contributed by atoms with Crippen LogP contribution in [0.15, 0.2) is 29.3 Å². The van der Waals surface area contributed by atoms with Crippen LogP contribution in [0.4, 0.5) is 0 Å². The van der Waals surface area contributed by atoms with E-state index in [0.717, 1.165) is 17.9 Å². The Hall–Kier alpha value is -1.60. The second kappa shape index (κ2) is 6.87. The summed E-state index contributed by atoms with van der Waals surface area (Å²) >= 11 is 0. The van der Waals surface area contributed by atoms with E-state index in [1.54, 1.807) is 6.08 Å². The average Bonchev–Trinajstić information content (AvgIpc) is 2.34. The lowest BCUT2D eigenvalue weighted by Crippen LogP contribution is -2.04. The van der Waals surface area contributed by atoms with Gasteiger partial charge in [0.15, 0.2) is 0 Å². The van der Waals surface area contributed by atoms with Crippen LogP contribution in [0.1, 0.15) is 32.3 Å². The molecule has 3 heteroatoms. The van der Waals surface area contributed by atoms with Crippen LogP contribution in [0.3, 0.4) is 0 Å². The largest absolute Gasteiger partial charge is 0.493 e. The van der Waals surface area contributed by atoms with Gasteiger partial charge in [-0.1, -0.05) is 32.9 Å². The van der Waals surface area contributed by atoms with Gasteiger partial charge in [-0.2, -0.15) is 0 Å². The molecule has 0 aliphatic heterocycles. The van der Waals surface area contributed by atoms with Crippen molar-refractivity contribution in [3.05, 3.63) is 29.8 Å². The molecule has 3 nitrogen and oxygen atoms in total. The number of nitrogens with zero attached hydrogens (tertiary/aromatic N) is 1. The van der Waals surface area contributed by atoms with Gasteiger partial charge in [0, 0.05) is 5.92 Å². The van der Waals surface area contributed by atoms with E-state index in [1.165, 1.54) is 0 Å². The summed E-state index contributed by atoms with van der Waals surface area (Å²) in [7, 11) is 0. The minimum atomic E-state index is 0.232. The maximum absolute atomic E-state index is 10.0. The van der Waals surface area contributed by atoms with Crippen LogP contribution in [-0.4, -0.2) is 19.2 Å². The maximum Gasteiger partial charge on any atom is 0.234 e. The van der Waals surface area contributed by atoms with E-state index >= 15 is 0 Å². The number of carbonyl (C=O) groups excluding carboxylic acids is 1. The molecule has 1 atom stereocenters. The zero-order chi connectivity index (χ0) is 12.7. The third-order valence-corrected chi connectivity index (χ3v) is 2.46. The molecule has 1 aromatic rings. The van der Waals surface area contributed by atoms with Gasteiger partial charge < -0.3 is 4.74 Å². The number of hydrogen-bond donors (Lipinski definition) is 0. The Bertz CT molecular complexity index is 378. The molecular formula is C14H19NO2. The molecule has 1 rings (SSSR count). The van der Waals surface area contributed by atoms with Gasteiger partial charge in [0.25, 0.3) is 0 Å². The number of aliphatic imine (C=N–C) groups is 1. The normalized spacial score (nSPS) is 12.0. The van der Waals surface area contributed by atoms with Crippen molar-refractivity contribution in [2.45, 2.75) is 26.7 Å². The molecule has 1 unspecified atom stereocenters. The maximum atomic E-state index is 10.0. The summed E-state index contributed by atoms with van der Waals surface area (Å²) in [6.45, 7) is 7.48. The average molecular weight is 233 g/mol. The summed E-state index contributed by atoms with van der Waals surface area (Å²) in [5, 5.41) is 0. The van der Waals surface area contributed by atoms with Crippen LogP contribution in [0.5, 0.6) is 5.75 Å². The third-order valence-electron chi connectivity index (χ3n) is 2.46. The van der Waals surface area contributed by atoms with E-state index in [1.807, 2.05) is 31.2 Å². The highest BCUT2D eigenvalue weighted by atomic mass is 16.5. The number of isocyanates is 1. The number of hydrogen-bond acceptors (Lipinski definition) is 3. The fourth-order valence-electron chi connectivity index (χ4n) is 1.44. The van der Waals surface area contributed by atoms with E-state index in [4.69, 9.17) is 4.74 Å². The highest BCUT2D eigenvalue weighted by Gasteiger charge is 2.05. The van der Waals surface area contributed by atoms with Crippen LogP contribution >= 0.6 is 0 Å². The molecule has 0 saturated heterocycles. The van der Waals surface area contributed by atoms with Crippen LogP contribution in [0.2, 0.25) is 0 Å². The molecule has 0 fully saturated rings. The van der Waals surface area contributed by atoms with E-state index in [0.29, 0.717) is 12.5 Å². The van der Waals surface area contributed by atoms with E-state index in [-0.39, 0.29) is 5.92 Å². The molecule has 1 aromatic carbocycles. The van der Waals surface area contributed by atoms with Crippen LogP contribution in [0.25, 0.3) is 0 Å². The van der Waals surface area contributed by atoms with Crippen molar-refractivity contribution < 1.29 is 9.53 Å². The van der Waals surface area contributed by atoms with Crippen molar-refractivity contribution in [2.75, 3.05) is 13.2 Å². The van der Waals surface area contributed by atoms with Gasteiger partial charge >= 0.3 is 0 Å². The zero-order valence-electron chi connectivity index (χ0n) is 10.6. The Labute approximate surface area is 103 Å². The first kappa shape index (κ1) is 13.5. The lowest BCUT2D eigenvalue weighted by molar-refractivity contribution is 0.271. The molecular weight excluding hydrogens is 214 g/mol. The summed E-state index contributed by atoms with van der Waals surface area (Å²) in [6, 6.07) is 7.94. The zero-order valence-corrected chi connectivity index (χ0v) is 10.6. The van der Waals surface area contributed by atoms with Crippen molar-refractivity contribution in [3.63, 3.8) is 0 Å². The van der Waals surface area contributed by atoms with Gasteiger partial charge in [0.2, 0.25) is 6.08 Å². The summed E-state index contributed by atoms with van der Waals surface area (Å²) in [4.78, 5) is 13.6. The quantitative estimate of drug-likeness (QED) is 0.559. The van der Waals surface area contributed by atoms with Crippen molar-refractivity contribution in [1.82, 2.24) is 0 Å². The first-order chi connectivity index (χ1) is 8.13. The minimum absolute atomic E-state index is 0.232. The second-order valence-electron chi connectivity index (χ2n) is 4.61. The van der Waals surface area contributed by atoms with Crippen LogP contribution in [-0.2, 0) is 4.79 Å². The molecule has 0 radical (unpaired) electrons. The van der Waals surface area contributed by atoms with Gasteiger partial charge in [0.05, 0.1) is 13.2 Å². The highest BCUT2D eigenvalue weighted by Crippen LogP contribution is 2.19. The SMILES string of the molecule is CC(C)COc1ccc(C(C)CN=C=O)cc1. The Kier molecular flexibility index (Phi) is 5.44. The van der Waals surface area contributed by atoms with Crippen molar-refractivity contribution in [1.29, 1.82) is 0 Å². The van der Waals surface area contributed by atoms with Gasteiger partial charge in [-0.25, -0.2) is 9.79 Å². The predicted molar refractivity (Wildman–Crippen MR) is 68.2 cm³/mol. The lowest BCUT2D eigenvalue weighted by atomic mass is 10.0. The second-order valence-corrected chi connectivity index (χ2v) is 4.61. The minimum Gasteiger partial charge on any atom is -0.493 e. The summed E-state index contributed by atoms with van der Waals surface area (Å²) in [6.07, 6.45) is 1.56. The first-order valence-electron chi connectivity index (χ1n) is 5.90. The Morgan fingerprint density at radius 3 is 2.41 bits per heavy atom. The van der Waals surface area contributed by atoms with Crippen molar-refractivity contribution in [3.8, 4) is 5.75 Å². The van der Waals surface area contributed by atoms with Crippen molar-refractivity contribution in [2.24, 2.45) is 10.9 Å². The predicted octanol–water partition coefficient (Wildman–Crippen LogP) is 3.16. The molecule has 0 saturated carbocycles. The van der Waals surface area contributed by atoms with Gasteiger partial charge in [-0.05, 0) is 23.6 Å². The number of ether oxygens (including phenoxy) is 1. The Morgan fingerprint density at radius 2 is 1.88 bits per heavy atom. The molecule has 0 aliphatic rings. The van der Waals surface area contributed by atoms with E-state index < -0.39 is 0 Å². The molecule has 17 heavy (non-hydrogen) atoms. The van der Waals surface area contributed by atoms with E-state index in [9.17, 15) is 4.79 Å². The molecule has 0 bridgehead atoms. The highest BCUT2D eigenvalue weighted by molar-refractivity contribution is 5.34. The summed E-state index contributed by atoms with van der Waals surface area (Å²) in [5.41, 5.74) is 1.15. The lowest BCUT2D eigenvalue weighted by Gasteiger charge is -2.11. The van der Waals surface area contributed by atoms with Crippen molar-refractivity contribution >= 4 is 6.08 Å². The topological polar surface area (TPSA) is 38.7 Å². The van der Waals surface area contributed by atoms with Gasteiger partial charge in [-0.15, -0.1) is 0 Å². The van der Waals surface area contributed by atoms with Gasteiger partial charge in [-0.3, -0.25) is 0 Å². The molecule has 0 amide bonds. The van der Waals surface area contributed by atoms with Crippen LogP contribution in [0, 0.1) is 5.92 Å². The number of benzene rings is 1.